The van der Waals surface area contributed by atoms with E-state index in [-0.39, 0.29) is 18.3 Å². The Morgan fingerprint density at radius 1 is 1.40 bits per heavy atom. The van der Waals surface area contributed by atoms with Crippen LogP contribution in [0.4, 0.5) is 28.0 Å². The van der Waals surface area contributed by atoms with Gasteiger partial charge in [0.15, 0.2) is 0 Å². The molecule has 1 fully saturated rings. The monoisotopic (exact) mass is 292 g/mol. The van der Waals surface area contributed by atoms with Crippen molar-refractivity contribution in [3.8, 4) is 0 Å². The zero-order valence-electron chi connectivity index (χ0n) is 10.2. The van der Waals surface area contributed by atoms with Crippen molar-refractivity contribution < 1.29 is 27.5 Å². The highest BCUT2D eigenvalue weighted by atomic mass is 19.4. The molecule has 20 heavy (non-hydrogen) atoms. The third-order valence-electron chi connectivity index (χ3n) is 3.14. The first kappa shape index (κ1) is 14.4. The third kappa shape index (κ3) is 3.12. The van der Waals surface area contributed by atoms with Gasteiger partial charge in [0.2, 0.25) is 0 Å². The van der Waals surface area contributed by atoms with Gasteiger partial charge in [-0.15, -0.1) is 0 Å². The molecule has 1 saturated heterocycles. The van der Waals surface area contributed by atoms with Crippen LogP contribution in [-0.2, 0) is 6.18 Å². The first-order chi connectivity index (χ1) is 9.27. The summed E-state index contributed by atoms with van der Waals surface area (Å²) < 4.78 is 51.0. The van der Waals surface area contributed by atoms with Gasteiger partial charge in [-0.05, 0) is 24.6 Å². The molecule has 1 aromatic carbocycles. The number of hydrogen-bond acceptors (Lipinski definition) is 2. The molecule has 2 N–H and O–H groups in total. The standard InChI is InChI=1S/C12H12F4N2O2/c13-10-2-1-8(5-9(10)12(14,15)16)18-4-3-7(6-18)17-11(19)20/h1-2,5,7,17H,3-4,6H2,(H,19,20). The number of rotatable bonds is 2. The van der Waals surface area contributed by atoms with Crippen LogP contribution in [0.15, 0.2) is 18.2 Å². The van der Waals surface area contributed by atoms with E-state index >= 15 is 0 Å². The third-order valence-corrected chi connectivity index (χ3v) is 3.14. The molecule has 0 saturated carbocycles. The van der Waals surface area contributed by atoms with Gasteiger partial charge in [0.25, 0.3) is 0 Å². The Balaban J connectivity index is 2.17. The predicted molar refractivity (Wildman–Crippen MR) is 63.2 cm³/mol. The highest BCUT2D eigenvalue weighted by Gasteiger charge is 2.35. The van der Waals surface area contributed by atoms with Crippen LogP contribution in [0, 0.1) is 5.82 Å². The number of nitrogens with one attached hydrogen (secondary N) is 1. The van der Waals surface area contributed by atoms with E-state index < -0.39 is 23.7 Å². The van der Waals surface area contributed by atoms with Gasteiger partial charge in [-0.1, -0.05) is 0 Å². The average molecular weight is 292 g/mol. The number of alkyl halides is 3. The highest BCUT2D eigenvalue weighted by molar-refractivity contribution is 5.65. The second-order valence-corrected chi connectivity index (χ2v) is 4.54. The first-order valence-corrected chi connectivity index (χ1v) is 5.88. The molecule has 2 rings (SSSR count). The van der Waals surface area contributed by atoms with Gasteiger partial charge in [0, 0.05) is 18.8 Å². The van der Waals surface area contributed by atoms with Crippen LogP contribution in [0.25, 0.3) is 0 Å². The lowest BCUT2D eigenvalue weighted by atomic mass is 10.1. The predicted octanol–water partition coefficient (Wildman–Crippen LogP) is 2.69. The van der Waals surface area contributed by atoms with E-state index in [1.807, 2.05) is 0 Å². The first-order valence-electron chi connectivity index (χ1n) is 5.88. The van der Waals surface area contributed by atoms with E-state index in [1.54, 1.807) is 4.90 Å². The van der Waals surface area contributed by atoms with Crippen LogP contribution >= 0.6 is 0 Å². The van der Waals surface area contributed by atoms with E-state index in [1.165, 1.54) is 6.07 Å². The smallest absolute Gasteiger partial charge is 0.419 e. The number of carboxylic acid groups (broad SMARTS) is 1. The summed E-state index contributed by atoms with van der Waals surface area (Å²) in [4.78, 5) is 12.1. The van der Waals surface area contributed by atoms with Crippen LogP contribution in [0.3, 0.4) is 0 Å². The molecular weight excluding hydrogens is 280 g/mol. The SMILES string of the molecule is O=C(O)NC1CCN(c2ccc(F)c(C(F)(F)F)c2)C1. The minimum Gasteiger partial charge on any atom is -0.465 e. The number of amides is 1. The summed E-state index contributed by atoms with van der Waals surface area (Å²) in [6, 6.07) is 2.44. The summed E-state index contributed by atoms with van der Waals surface area (Å²) in [5.41, 5.74) is -1.09. The van der Waals surface area contributed by atoms with E-state index in [2.05, 4.69) is 5.32 Å². The van der Waals surface area contributed by atoms with Crippen LogP contribution < -0.4 is 10.2 Å². The van der Waals surface area contributed by atoms with Crippen LogP contribution in [-0.4, -0.2) is 30.3 Å². The lowest BCUT2D eigenvalue weighted by Gasteiger charge is -2.20. The largest absolute Gasteiger partial charge is 0.465 e. The van der Waals surface area contributed by atoms with Crippen LogP contribution in [0.2, 0.25) is 0 Å². The Labute approximate surface area is 112 Å². The van der Waals surface area contributed by atoms with Crippen molar-refractivity contribution in [2.24, 2.45) is 0 Å². The summed E-state index contributed by atoms with van der Waals surface area (Å²) in [6.45, 7) is 0.670. The summed E-state index contributed by atoms with van der Waals surface area (Å²) >= 11 is 0. The minimum absolute atomic E-state index is 0.230. The zero-order chi connectivity index (χ0) is 14.9. The van der Waals surface area contributed by atoms with Crippen molar-refractivity contribution in [3.63, 3.8) is 0 Å². The van der Waals surface area contributed by atoms with Crippen molar-refractivity contribution >= 4 is 11.8 Å². The molecule has 0 radical (unpaired) electrons. The van der Waals surface area contributed by atoms with Crippen molar-refractivity contribution in [1.82, 2.24) is 5.32 Å². The molecule has 8 heteroatoms. The molecule has 1 aliphatic heterocycles. The molecule has 1 heterocycles. The molecule has 0 aromatic heterocycles. The van der Waals surface area contributed by atoms with E-state index in [4.69, 9.17) is 5.11 Å². The molecule has 1 amide bonds. The molecule has 1 aliphatic rings. The number of halogens is 4. The van der Waals surface area contributed by atoms with Gasteiger partial charge < -0.3 is 15.3 Å². The lowest BCUT2D eigenvalue weighted by Crippen LogP contribution is -2.36. The Hall–Kier alpha value is -1.99. The maximum atomic E-state index is 13.2. The van der Waals surface area contributed by atoms with Crippen LogP contribution in [0.1, 0.15) is 12.0 Å². The normalized spacial score (nSPS) is 19.2. The minimum atomic E-state index is -4.75. The molecule has 110 valence electrons. The number of benzene rings is 1. The highest BCUT2D eigenvalue weighted by Crippen LogP contribution is 2.34. The fraction of sp³-hybridized carbons (Fsp3) is 0.417. The van der Waals surface area contributed by atoms with Gasteiger partial charge in [-0.3, -0.25) is 0 Å². The fourth-order valence-electron chi connectivity index (χ4n) is 2.21. The molecule has 0 bridgehead atoms. The Morgan fingerprint density at radius 2 is 2.10 bits per heavy atom. The number of carbonyl (C=O) groups is 1. The van der Waals surface area contributed by atoms with E-state index in [0.717, 1.165) is 12.1 Å². The second kappa shape index (κ2) is 5.18. The molecular formula is C12H12F4N2O2. The average Bonchev–Trinajstić information content (AvgIpc) is 2.75. The number of anilines is 1. The topological polar surface area (TPSA) is 52.6 Å². The van der Waals surface area contributed by atoms with Crippen LogP contribution in [0.5, 0.6) is 0 Å². The number of hydrogen-bond donors (Lipinski definition) is 2. The van der Waals surface area contributed by atoms with Crippen molar-refractivity contribution in [3.05, 3.63) is 29.6 Å². The van der Waals surface area contributed by atoms with E-state index in [0.29, 0.717) is 13.0 Å². The van der Waals surface area contributed by atoms with Crippen molar-refractivity contribution in [2.75, 3.05) is 18.0 Å². The van der Waals surface area contributed by atoms with Crippen molar-refractivity contribution in [2.45, 2.75) is 18.6 Å². The molecule has 1 atom stereocenters. The molecule has 1 unspecified atom stereocenters. The quantitative estimate of drug-likeness (QED) is 0.824. The van der Waals surface area contributed by atoms with Gasteiger partial charge in [0.1, 0.15) is 5.82 Å². The molecule has 0 aliphatic carbocycles. The molecule has 1 aromatic rings. The fourth-order valence-corrected chi connectivity index (χ4v) is 2.21. The summed E-state index contributed by atoms with van der Waals surface area (Å²) in [5, 5.41) is 10.9. The zero-order valence-corrected chi connectivity index (χ0v) is 10.2. The molecule has 0 spiro atoms. The second-order valence-electron chi connectivity index (χ2n) is 4.54. The maximum absolute atomic E-state index is 13.2. The van der Waals surface area contributed by atoms with Gasteiger partial charge >= 0.3 is 12.3 Å². The summed E-state index contributed by atoms with van der Waals surface area (Å²) in [5.74, 6) is -1.32. The Kier molecular flexibility index (Phi) is 3.74. The van der Waals surface area contributed by atoms with Gasteiger partial charge in [0.05, 0.1) is 11.6 Å². The Morgan fingerprint density at radius 3 is 2.70 bits per heavy atom. The maximum Gasteiger partial charge on any atom is 0.419 e. The molecule has 4 nitrogen and oxygen atoms in total. The van der Waals surface area contributed by atoms with E-state index in [9.17, 15) is 22.4 Å². The number of nitrogens with zero attached hydrogens (tertiary/aromatic N) is 1. The van der Waals surface area contributed by atoms with Gasteiger partial charge in [-0.25, -0.2) is 9.18 Å². The summed E-state index contributed by atoms with van der Waals surface area (Å²) in [6.07, 6.45) is -5.43. The Bertz CT molecular complexity index is 519. The lowest BCUT2D eigenvalue weighted by molar-refractivity contribution is -0.139. The van der Waals surface area contributed by atoms with Crippen molar-refractivity contribution in [1.29, 1.82) is 0 Å². The summed E-state index contributed by atoms with van der Waals surface area (Å²) in [7, 11) is 0. The van der Waals surface area contributed by atoms with Gasteiger partial charge in [-0.2, -0.15) is 13.2 Å².